The van der Waals surface area contributed by atoms with Crippen LogP contribution >= 0.6 is 0 Å². The second kappa shape index (κ2) is 10.8. The summed E-state index contributed by atoms with van der Waals surface area (Å²) < 4.78 is 32.2. The quantitative estimate of drug-likeness (QED) is 0.546. The number of carbonyl (C=O) groups is 2. The third-order valence-corrected chi connectivity index (χ3v) is 5.68. The molecule has 0 heterocycles. The topological polar surface area (TPSA) is 102 Å². The Bertz CT molecular complexity index is 923. The summed E-state index contributed by atoms with van der Waals surface area (Å²) in [7, 11) is -3.73. The lowest BCUT2D eigenvalue weighted by Crippen LogP contribution is -2.30. The molecule has 0 fully saturated rings. The molecule has 2 rings (SSSR count). The summed E-state index contributed by atoms with van der Waals surface area (Å²) in [4.78, 5) is 23.3. The van der Waals surface area contributed by atoms with E-state index in [0.717, 1.165) is 11.1 Å². The number of nitrogens with one attached hydrogen (secondary N) is 2. The minimum absolute atomic E-state index is 0.0179. The van der Waals surface area contributed by atoms with Gasteiger partial charge in [0.2, 0.25) is 15.9 Å². The van der Waals surface area contributed by atoms with Gasteiger partial charge in [-0.25, -0.2) is 13.1 Å². The van der Waals surface area contributed by atoms with Crippen LogP contribution in [0.1, 0.15) is 41.8 Å². The molecule has 0 aliphatic carbocycles. The Hall–Kier alpha value is -2.55. The number of rotatable bonds is 11. The predicted octanol–water partition coefficient (Wildman–Crippen LogP) is 2.41. The first-order chi connectivity index (χ1) is 13.8. The van der Waals surface area contributed by atoms with Gasteiger partial charge in [0.25, 0.3) is 0 Å². The SMILES string of the molecule is CCOCc1ccc(CNC(=O)CCNS(=O)(=O)c2ccc(C(C)=O)cc2)cc1. The zero-order valence-corrected chi connectivity index (χ0v) is 17.4. The fraction of sp³-hybridized carbons (Fsp3) is 0.333. The van der Waals surface area contributed by atoms with E-state index in [4.69, 9.17) is 4.74 Å². The number of benzene rings is 2. The maximum Gasteiger partial charge on any atom is 0.240 e. The van der Waals surface area contributed by atoms with Gasteiger partial charge >= 0.3 is 0 Å². The van der Waals surface area contributed by atoms with E-state index in [1.165, 1.54) is 31.2 Å². The first-order valence-electron chi connectivity index (χ1n) is 9.34. The molecule has 2 aromatic rings. The second-order valence-corrected chi connectivity index (χ2v) is 8.23. The van der Waals surface area contributed by atoms with Crippen LogP contribution < -0.4 is 10.0 Å². The second-order valence-electron chi connectivity index (χ2n) is 6.46. The summed E-state index contributed by atoms with van der Waals surface area (Å²) in [6.07, 6.45) is 0.0210. The van der Waals surface area contributed by atoms with Crippen LogP contribution in [0.25, 0.3) is 0 Å². The standard InChI is InChI=1S/C21H26N2O5S/c1-3-28-15-18-6-4-17(5-7-18)14-22-21(25)12-13-23-29(26,27)20-10-8-19(9-11-20)16(2)24/h4-11,23H,3,12-15H2,1-2H3,(H,22,25). The maximum atomic E-state index is 12.2. The van der Waals surface area contributed by atoms with Crippen molar-refractivity contribution in [3.05, 3.63) is 65.2 Å². The number of carbonyl (C=O) groups excluding carboxylic acids is 2. The van der Waals surface area contributed by atoms with Gasteiger partial charge in [0.05, 0.1) is 11.5 Å². The molecule has 0 spiro atoms. The molecule has 7 nitrogen and oxygen atoms in total. The van der Waals surface area contributed by atoms with Crippen LogP contribution in [0.2, 0.25) is 0 Å². The van der Waals surface area contributed by atoms with E-state index >= 15 is 0 Å². The van der Waals surface area contributed by atoms with E-state index in [9.17, 15) is 18.0 Å². The van der Waals surface area contributed by atoms with Crippen molar-refractivity contribution >= 4 is 21.7 Å². The lowest BCUT2D eigenvalue weighted by atomic mass is 10.1. The molecule has 29 heavy (non-hydrogen) atoms. The molecular formula is C21H26N2O5S. The van der Waals surface area contributed by atoms with Crippen molar-refractivity contribution in [2.24, 2.45) is 0 Å². The molecule has 156 valence electrons. The van der Waals surface area contributed by atoms with Gasteiger partial charge in [-0.05, 0) is 37.1 Å². The van der Waals surface area contributed by atoms with Gasteiger partial charge in [-0.2, -0.15) is 0 Å². The van der Waals surface area contributed by atoms with Crippen molar-refractivity contribution in [1.29, 1.82) is 0 Å². The van der Waals surface area contributed by atoms with Crippen LogP contribution in [-0.2, 0) is 32.7 Å². The Morgan fingerprint density at radius 2 is 1.59 bits per heavy atom. The average molecular weight is 419 g/mol. The van der Waals surface area contributed by atoms with Crippen LogP contribution in [0.4, 0.5) is 0 Å². The summed E-state index contributed by atoms with van der Waals surface area (Å²) in [5.41, 5.74) is 2.45. The predicted molar refractivity (Wildman–Crippen MR) is 110 cm³/mol. The van der Waals surface area contributed by atoms with E-state index in [1.807, 2.05) is 31.2 Å². The average Bonchev–Trinajstić information content (AvgIpc) is 2.71. The molecule has 0 saturated heterocycles. The van der Waals surface area contributed by atoms with Gasteiger partial charge in [-0.3, -0.25) is 9.59 Å². The number of hydrogen-bond acceptors (Lipinski definition) is 5. The van der Waals surface area contributed by atoms with Crippen LogP contribution in [0.5, 0.6) is 0 Å². The highest BCUT2D eigenvalue weighted by molar-refractivity contribution is 7.89. The molecule has 1 amide bonds. The molecular weight excluding hydrogens is 392 g/mol. The van der Waals surface area contributed by atoms with Gasteiger partial charge in [0.15, 0.2) is 5.78 Å². The van der Waals surface area contributed by atoms with Gasteiger partial charge in [-0.15, -0.1) is 0 Å². The van der Waals surface area contributed by atoms with Gasteiger partial charge in [0.1, 0.15) is 0 Å². The molecule has 0 aliphatic heterocycles. The highest BCUT2D eigenvalue weighted by Gasteiger charge is 2.14. The molecule has 0 radical (unpaired) electrons. The fourth-order valence-electron chi connectivity index (χ4n) is 2.51. The number of ketones is 1. The Kier molecular flexibility index (Phi) is 8.50. The number of sulfonamides is 1. The van der Waals surface area contributed by atoms with E-state index in [0.29, 0.717) is 25.3 Å². The van der Waals surface area contributed by atoms with Crippen molar-refractivity contribution < 1.29 is 22.7 Å². The molecule has 2 N–H and O–H groups in total. The summed E-state index contributed by atoms with van der Waals surface area (Å²) >= 11 is 0. The Balaban J connectivity index is 1.76. The highest BCUT2D eigenvalue weighted by Crippen LogP contribution is 2.11. The highest BCUT2D eigenvalue weighted by atomic mass is 32.2. The minimum atomic E-state index is -3.73. The summed E-state index contributed by atoms with van der Waals surface area (Å²) in [6, 6.07) is 13.4. The largest absolute Gasteiger partial charge is 0.377 e. The summed E-state index contributed by atoms with van der Waals surface area (Å²) in [6.45, 7) is 4.92. The number of ether oxygens (including phenoxy) is 1. The Morgan fingerprint density at radius 1 is 0.966 bits per heavy atom. The smallest absolute Gasteiger partial charge is 0.240 e. The van der Waals surface area contributed by atoms with Crippen LogP contribution in [-0.4, -0.2) is 33.3 Å². The number of Topliss-reactive ketones (excluding diaryl/α,β-unsaturated/α-hetero) is 1. The van der Waals surface area contributed by atoms with Crippen LogP contribution in [0.3, 0.4) is 0 Å². The molecule has 8 heteroatoms. The van der Waals surface area contributed by atoms with E-state index < -0.39 is 10.0 Å². The minimum Gasteiger partial charge on any atom is -0.377 e. The zero-order valence-electron chi connectivity index (χ0n) is 16.6. The zero-order chi connectivity index (χ0) is 21.3. The van der Waals surface area contributed by atoms with Gasteiger partial charge in [-0.1, -0.05) is 36.4 Å². The lowest BCUT2D eigenvalue weighted by molar-refractivity contribution is -0.121. The van der Waals surface area contributed by atoms with Gasteiger partial charge < -0.3 is 10.1 Å². The Morgan fingerprint density at radius 3 is 2.17 bits per heavy atom. The third-order valence-electron chi connectivity index (χ3n) is 4.20. The van der Waals surface area contributed by atoms with E-state index in [-0.39, 0.29) is 29.6 Å². The van der Waals surface area contributed by atoms with E-state index in [1.54, 1.807) is 0 Å². The lowest BCUT2D eigenvalue weighted by Gasteiger charge is -2.09. The fourth-order valence-corrected chi connectivity index (χ4v) is 3.55. The summed E-state index contributed by atoms with van der Waals surface area (Å²) in [5.74, 6) is -0.388. The number of hydrogen-bond donors (Lipinski definition) is 2. The van der Waals surface area contributed by atoms with Crippen molar-refractivity contribution in [2.75, 3.05) is 13.2 Å². The van der Waals surface area contributed by atoms with Crippen molar-refractivity contribution in [1.82, 2.24) is 10.0 Å². The van der Waals surface area contributed by atoms with E-state index in [2.05, 4.69) is 10.0 Å². The maximum absolute atomic E-state index is 12.2. The number of amides is 1. The third kappa shape index (κ3) is 7.41. The molecule has 0 aromatic heterocycles. The van der Waals surface area contributed by atoms with Crippen LogP contribution in [0.15, 0.2) is 53.4 Å². The molecule has 0 saturated carbocycles. The molecule has 0 aliphatic rings. The van der Waals surface area contributed by atoms with Gasteiger partial charge in [0, 0.05) is 31.7 Å². The molecule has 0 unspecified atom stereocenters. The van der Waals surface area contributed by atoms with Crippen molar-refractivity contribution in [3.63, 3.8) is 0 Å². The molecule has 0 bridgehead atoms. The first-order valence-corrected chi connectivity index (χ1v) is 10.8. The van der Waals surface area contributed by atoms with Crippen molar-refractivity contribution in [3.8, 4) is 0 Å². The first kappa shape index (κ1) is 22.7. The Labute approximate surface area is 171 Å². The van der Waals surface area contributed by atoms with Crippen LogP contribution in [0, 0.1) is 0 Å². The summed E-state index contributed by atoms with van der Waals surface area (Å²) in [5, 5.41) is 2.77. The molecule has 0 atom stereocenters. The normalized spacial score (nSPS) is 11.2. The monoisotopic (exact) mass is 418 g/mol. The van der Waals surface area contributed by atoms with Crippen molar-refractivity contribution in [2.45, 2.75) is 38.3 Å². The molecule has 2 aromatic carbocycles.